The summed E-state index contributed by atoms with van der Waals surface area (Å²) in [5, 5.41) is 5.34. The Morgan fingerprint density at radius 2 is 1.68 bits per heavy atom. The van der Waals surface area contributed by atoms with Crippen LogP contribution in [0.25, 0.3) is 6.08 Å². The zero-order valence-corrected chi connectivity index (χ0v) is 18.8. The van der Waals surface area contributed by atoms with Gasteiger partial charge in [-0.3, -0.25) is 9.59 Å². The highest BCUT2D eigenvalue weighted by Crippen LogP contribution is 2.24. The Bertz CT molecular complexity index is 1240. The molecule has 7 heteroatoms. The first-order valence-electron chi connectivity index (χ1n) is 11.0. The normalized spacial score (nSPS) is 14.3. The van der Waals surface area contributed by atoms with E-state index in [1.165, 1.54) is 0 Å². The predicted molar refractivity (Wildman–Crippen MR) is 130 cm³/mol. The van der Waals surface area contributed by atoms with E-state index in [-0.39, 0.29) is 12.2 Å². The van der Waals surface area contributed by atoms with E-state index in [1.54, 1.807) is 24.3 Å². The van der Waals surface area contributed by atoms with Crippen molar-refractivity contribution in [1.82, 2.24) is 10.2 Å². The number of urea groups is 1. The molecule has 0 unspecified atom stereocenters. The summed E-state index contributed by atoms with van der Waals surface area (Å²) in [5.41, 5.74) is 3.38. The minimum absolute atomic E-state index is 0.0857. The van der Waals surface area contributed by atoms with Gasteiger partial charge in [0.2, 0.25) is 5.91 Å². The summed E-state index contributed by atoms with van der Waals surface area (Å²) in [6, 6.07) is 23.8. The fourth-order valence-electron chi connectivity index (χ4n) is 3.62. The molecule has 34 heavy (non-hydrogen) atoms. The number of rotatable bonds is 8. The molecule has 0 saturated carbocycles. The number of benzene rings is 3. The number of ether oxygens (including phenoxy) is 1. The maximum atomic E-state index is 12.9. The summed E-state index contributed by atoms with van der Waals surface area (Å²) >= 11 is 0. The molecule has 2 N–H and O–H groups in total. The number of anilines is 1. The third-order valence-electron chi connectivity index (χ3n) is 5.39. The third kappa shape index (κ3) is 5.32. The summed E-state index contributed by atoms with van der Waals surface area (Å²) in [6.45, 7) is 1.97. The second-order valence-electron chi connectivity index (χ2n) is 7.75. The molecule has 4 rings (SSSR count). The highest BCUT2D eigenvalue weighted by Gasteiger charge is 2.35. The first-order valence-corrected chi connectivity index (χ1v) is 11.0. The minimum Gasteiger partial charge on any atom is -0.488 e. The average Bonchev–Trinajstić information content (AvgIpc) is 3.11. The van der Waals surface area contributed by atoms with Crippen molar-refractivity contribution >= 4 is 29.6 Å². The van der Waals surface area contributed by atoms with Gasteiger partial charge in [-0.25, -0.2) is 9.69 Å². The van der Waals surface area contributed by atoms with Gasteiger partial charge in [-0.15, -0.1) is 0 Å². The molecule has 172 valence electrons. The number of hydrogen-bond donors (Lipinski definition) is 2. The molecule has 0 aliphatic carbocycles. The Balaban J connectivity index is 1.45. The van der Waals surface area contributed by atoms with Gasteiger partial charge in [0.05, 0.1) is 0 Å². The van der Waals surface area contributed by atoms with Crippen LogP contribution in [0.4, 0.5) is 10.5 Å². The van der Waals surface area contributed by atoms with E-state index in [0.717, 1.165) is 22.4 Å². The second-order valence-corrected chi connectivity index (χ2v) is 7.75. The number of imide groups is 1. The van der Waals surface area contributed by atoms with Crippen LogP contribution >= 0.6 is 0 Å². The van der Waals surface area contributed by atoms with E-state index in [2.05, 4.69) is 10.6 Å². The molecule has 3 aromatic carbocycles. The van der Waals surface area contributed by atoms with Crippen LogP contribution in [0, 0.1) is 0 Å². The van der Waals surface area contributed by atoms with Crippen molar-refractivity contribution < 1.29 is 19.1 Å². The molecule has 0 bridgehead atoms. The first kappa shape index (κ1) is 22.8. The number of aryl methyl sites for hydroxylation is 1. The Labute approximate surface area is 198 Å². The van der Waals surface area contributed by atoms with Crippen molar-refractivity contribution in [1.29, 1.82) is 0 Å². The van der Waals surface area contributed by atoms with Crippen LogP contribution in [0.2, 0.25) is 0 Å². The fraction of sp³-hybridized carbons (Fsp3) is 0.148. The highest BCUT2D eigenvalue weighted by atomic mass is 16.5. The van der Waals surface area contributed by atoms with E-state index >= 15 is 0 Å². The standard InChI is InChI=1S/C27H25N3O4/c1-2-20-12-6-8-14-22(20)28-25(31)17-30-26(32)23(29-27(30)33)16-21-13-7-9-15-24(21)34-18-19-10-4-3-5-11-19/h3-16H,2,17-18H2,1H3,(H,28,31)(H,29,33)/b23-16+. The van der Waals surface area contributed by atoms with Crippen LogP contribution < -0.4 is 15.4 Å². The second kappa shape index (κ2) is 10.5. The van der Waals surface area contributed by atoms with E-state index in [0.29, 0.717) is 23.6 Å². The largest absolute Gasteiger partial charge is 0.488 e. The lowest BCUT2D eigenvalue weighted by Gasteiger charge is -2.13. The fourth-order valence-corrected chi connectivity index (χ4v) is 3.62. The molecule has 0 atom stereocenters. The summed E-state index contributed by atoms with van der Waals surface area (Å²) in [5.74, 6) is -0.438. The SMILES string of the molecule is CCc1ccccc1NC(=O)CN1C(=O)N/C(=C/c2ccccc2OCc2ccccc2)C1=O. The smallest absolute Gasteiger partial charge is 0.329 e. The maximum absolute atomic E-state index is 12.9. The monoisotopic (exact) mass is 455 g/mol. The Morgan fingerprint density at radius 3 is 2.47 bits per heavy atom. The molecule has 1 heterocycles. The van der Waals surface area contributed by atoms with Crippen LogP contribution in [0.5, 0.6) is 5.75 Å². The van der Waals surface area contributed by atoms with Crippen LogP contribution in [0.1, 0.15) is 23.6 Å². The quantitative estimate of drug-likeness (QED) is 0.390. The van der Waals surface area contributed by atoms with Gasteiger partial charge in [-0.1, -0.05) is 73.7 Å². The van der Waals surface area contributed by atoms with Gasteiger partial charge in [0.1, 0.15) is 24.6 Å². The number of carbonyl (C=O) groups is 3. The number of carbonyl (C=O) groups excluding carboxylic acids is 3. The molecule has 3 aromatic rings. The Morgan fingerprint density at radius 1 is 0.971 bits per heavy atom. The molecule has 4 amide bonds. The van der Waals surface area contributed by atoms with Crippen LogP contribution in [0.15, 0.2) is 84.6 Å². The van der Waals surface area contributed by atoms with Gasteiger partial charge >= 0.3 is 6.03 Å². The number of hydrogen-bond acceptors (Lipinski definition) is 4. The molecule has 0 radical (unpaired) electrons. The van der Waals surface area contributed by atoms with Crippen molar-refractivity contribution in [3.63, 3.8) is 0 Å². The van der Waals surface area contributed by atoms with Gasteiger partial charge in [0, 0.05) is 11.3 Å². The van der Waals surface area contributed by atoms with E-state index in [1.807, 2.05) is 67.6 Å². The van der Waals surface area contributed by atoms with Gasteiger partial charge in [0.25, 0.3) is 5.91 Å². The zero-order valence-electron chi connectivity index (χ0n) is 18.8. The molecular weight excluding hydrogens is 430 g/mol. The summed E-state index contributed by atoms with van der Waals surface area (Å²) < 4.78 is 5.93. The number of para-hydroxylation sites is 2. The third-order valence-corrected chi connectivity index (χ3v) is 5.39. The zero-order chi connectivity index (χ0) is 23.9. The molecule has 1 aliphatic rings. The van der Waals surface area contributed by atoms with Gasteiger partial charge in [-0.05, 0) is 35.8 Å². The van der Waals surface area contributed by atoms with Crippen LogP contribution in [-0.4, -0.2) is 29.3 Å². The van der Waals surface area contributed by atoms with Gasteiger partial charge in [-0.2, -0.15) is 0 Å². The van der Waals surface area contributed by atoms with E-state index in [4.69, 9.17) is 4.74 Å². The first-order chi connectivity index (χ1) is 16.5. The highest BCUT2D eigenvalue weighted by molar-refractivity contribution is 6.16. The summed E-state index contributed by atoms with van der Waals surface area (Å²) in [7, 11) is 0. The van der Waals surface area contributed by atoms with E-state index < -0.39 is 17.8 Å². The number of amides is 4. The maximum Gasteiger partial charge on any atom is 0.329 e. The van der Waals surface area contributed by atoms with Gasteiger partial charge < -0.3 is 15.4 Å². The van der Waals surface area contributed by atoms with Crippen molar-refractivity contribution in [3.8, 4) is 5.75 Å². The molecule has 7 nitrogen and oxygen atoms in total. The topological polar surface area (TPSA) is 87.7 Å². The lowest BCUT2D eigenvalue weighted by Crippen LogP contribution is -2.38. The average molecular weight is 456 g/mol. The van der Waals surface area contributed by atoms with Crippen LogP contribution in [-0.2, 0) is 22.6 Å². The molecule has 1 fully saturated rings. The van der Waals surface area contributed by atoms with Crippen molar-refractivity contribution in [2.24, 2.45) is 0 Å². The lowest BCUT2D eigenvalue weighted by atomic mass is 10.1. The Kier molecular flexibility index (Phi) is 7.03. The van der Waals surface area contributed by atoms with E-state index in [9.17, 15) is 14.4 Å². The van der Waals surface area contributed by atoms with Gasteiger partial charge in [0.15, 0.2) is 0 Å². The molecular formula is C27H25N3O4. The van der Waals surface area contributed by atoms with Crippen LogP contribution in [0.3, 0.4) is 0 Å². The molecule has 1 aliphatic heterocycles. The molecule has 0 aromatic heterocycles. The summed E-state index contributed by atoms with van der Waals surface area (Å²) in [4.78, 5) is 38.7. The van der Waals surface area contributed by atoms with Crippen molar-refractivity contribution in [3.05, 3.63) is 101 Å². The number of nitrogens with zero attached hydrogens (tertiary/aromatic N) is 1. The molecule has 0 spiro atoms. The Hall–Kier alpha value is -4.39. The molecule has 1 saturated heterocycles. The minimum atomic E-state index is -0.641. The lowest BCUT2D eigenvalue weighted by molar-refractivity contribution is -0.127. The van der Waals surface area contributed by atoms with Crippen molar-refractivity contribution in [2.45, 2.75) is 20.0 Å². The van der Waals surface area contributed by atoms with Crippen molar-refractivity contribution in [2.75, 3.05) is 11.9 Å². The number of nitrogens with one attached hydrogen (secondary N) is 2. The predicted octanol–water partition coefficient (Wildman–Crippen LogP) is 4.36. The summed E-state index contributed by atoms with van der Waals surface area (Å²) in [6.07, 6.45) is 2.31.